The summed E-state index contributed by atoms with van der Waals surface area (Å²) in [6, 6.07) is 88.9. The van der Waals surface area contributed by atoms with Gasteiger partial charge < -0.3 is 4.90 Å². The van der Waals surface area contributed by atoms with Crippen molar-refractivity contribution in [3.63, 3.8) is 0 Å². The van der Waals surface area contributed by atoms with Gasteiger partial charge in [-0.05, 0) is 162 Å². The fourth-order valence-electron chi connectivity index (χ4n) is 14.1. The number of hydrogen-bond donors (Lipinski definition) is 0. The molecule has 4 aliphatic carbocycles. The second-order valence-corrected chi connectivity index (χ2v) is 21.2. The lowest BCUT2D eigenvalue weighted by molar-refractivity contribution is 0.327. The number of rotatable bonds is 8. The first-order valence-corrected chi connectivity index (χ1v) is 25.8. The first-order chi connectivity index (χ1) is 35.0. The molecule has 1 heteroatoms. The van der Waals surface area contributed by atoms with Gasteiger partial charge in [0, 0.05) is 27.8 Å². The van der Waals surface area contributed by atoms with Gasteiger partial charge in [-0.15, -0.1) is 0 Å². The highest BCUT2D eigenvalue weighted by Crippen LogP contribution is 2.66. The van der Waals surface area contributed by atoms with Gasteiger partial charge in [0.2, 0.25) is 0 Å². The van der Waals surface area contributed by atoms with Gasteiger partial charge in [-0.1, -0.05) is 220 Å². The van der Waals surface area contributed by atoms with E-state index in [4.69, 9.17) is 0 Å². The van der Waals surface area contributed by atoms with Crippen LogP contribution in [0.5, 0.6) is 0 Å². The highest BCUT2D eigenvalue weighted by Gasteiger charge is 2.56. The van der Waals surface area contributed by atoms with E-state index in [1.165, 1.54) is 126 Å². The largest absolute Gasteiger partial charge is 0.310 e. The van der Waals surface area contributed by atoms with Crippen LogP contribution in [0.25, 0.3) is 77.9 Å². The Morgan fingerprint density at radius 2 is 0.859 bits per heavy atom. The van der Waals surface area contributed by atoms with Crippen LogP contribution in [0.4, 0.5) is 17.1 Å². The molecular weight excluding hydrogens is 855 g/mol. The topological polar surface area (TPSA) is 3.24 Å². The average molecular weight is 910 g/mol. The van der Waals surface area contributed by atoms with Crippen molar-refractivity contribution >= 4 is 17.1 Å². The molecule has 0 saturated heterocycles. The molecule has 71 heavy (non-hydrogen) atoms. The zero-order valence-corrected chi connectivity index (χ0v) is 40.4. The average Bonchev–Trinajstić information content (AvgIpc) is 4.19. The highest BCUT2D eigenvalue weighted by atomic mass is 15.1. The zero-order chi connectivity index (χ0) is 47.3. The number of fused-ring (bicyclic) bond motifs is 11. The van der Waals surface area contributed by atoms with E-state index in [1.54, 1.807) is 5.56 Å². The molecule has 1 spiro atoms. The Labute approximate surface area is 418 Å². The molecule has 0 aliphatic heterocycles. The predicted molar refractivity (Wildman–Crippen MR) is 298 cm³/mol. The number of para-hydroxylation sites is 1. The minimum absolute atomic E-state index is 0.0645. The minimum Gasteiger partial charge on any atom is -0.310 e. The fourth-order valence-corrected chi connectivity index (χ4v) is 14.1. The van der Waals surface area contributed by atoms with E-state index in [-0.39, 0.29) is 10.8 Å². The maximum atomic E-state index is 2.60. The molecule has 0 N–H and O–H groups in total. The van der Waals surface area contributed by atoms with Crippen molar-refractivity contribution in [3.8, 4) is 77.9 Å². The van der Waals surface area contributed by atoms with Crippen LogP contribution in [-0.2, 0) is 10.8 Å². The molecule has 0 heterocycles. The fraction of sp³-hybridized carbons (Fsp3) is 0.143. The molecule has 0 radical (unpaired) electrons. The van der Waals surface area contributed by atoms with Gasteiger partial charge in [0.1, 0.15) is 0 Å². The van der Waals surface area contributed by atoms with Gasteiger partial charge in [0.25, 0.3) is 0 Å². The van der Waals surface area contributed by atoms with Crippen LogP contribution in [-0.4, -0.2) is 0 Å². The molecule has 2 bridgehead atoms. The molecule has 14 rings (SSSR count). The molecule has 2 fully saturated rings. The first kappa shape index (κ1) is 41.9. The predicted octanol–water partition coefficient (Wildman–Crippen LogP) is 18.9. The Morgan fingerprint density at radius 3 is 1.56 bits per heavy atom. The third kappa shape index (κ3) is 6.45. The van der Waals surface area contributed by atoms with Crippen LogP contribution < -0.4 is 4.90 Å². The van der Waals surface area contributed by atoms with E-state index >= 15 is 0 Å². The summed E-state index contributed by atoms with van der Waals surface area (Å²) in [6.45, 7) is 4.78. The number of nitrogens with zero attached hydrogens (tertiary/aromatic N) is 1. The van der Waals surface area contributed by atoms with Gasteiger partial charge in [0.05, 0.1) is 5.69 Å². The van der Waals surface area contributed by atoms with Gasteiger partial charge in [0.15, 0.2) is 0 Å². The van der Waals surface area contributed by atoms with Crippen molar-refractivity contribution < 1.29 is 0 Å². The summed E-state index contributed by atoms with van der Waals surface area (Å²) in [5, 5.41) is 0. The lowest BCUT2D eigenvalue weighted by Crippen LogP contribution is -2.32. The molecule has 2 saturated carbocycles. The molecule has 4 aliphatic rings. The molecule has 1 nitrogen and oxygen atoms in total. The smallest absolute Gasteiger partial charge is 0.0540 e. The Bertz CT molecular complexity index is 3690. The van der Waals surface area contributed by atoms with E-state index < -0.39 is 0 Å². The third-order valence-corrected chi connectivity index (χ3v) is 17.2. The maximum absolute atomic E-state index is 2.60. The van der Waals surface area contributed by atoms with E-state index in [0.29, 0.717) is 5.92 Å². The summed E-state index contributed by atoms with van der Waals surface area (Å²) in [5.41, 5.74) is 27.1. The van der Waals surface area contributed by atoms with Gasteiger partial charge in [-0.2, -0.15) is 0 Å². The van der Waals surface area contributed by atoms with E-state index in [0.717, 1.165) is 17.3 Å². The molecule has 3 unspecified atom stereocenters. The lowest BCUT2D eigenvalue weighted by atomic mass is 9.67. The summed E-state index contributed by atoms with van der Waals surface area (Å²) in [4.78, 5) is 2.55. The van der Waals surface area contributed by atoms with Gasteiger partial charge >= 0.3 is 0 Å². The molecule has 3 atom stereocenters. The molecule has 0 aromatic heterocycles. The molecule has 10 aromatic rings. The lowest BCUT2D eigenvalue weighted by Gasteiger charge is -2.37. The summed E-state index contributed by atoms with van der Waals surface area (Å²) >= 11 is 0. The van der Waals surface area contributed by atoms with E-state index in [9.17, 15) is 0 Å². The van der Waals surface area contributed by atoms with Crippen LogP contribution in [0.1, 0.15) is 61.8 Å². The standard InChI is InChI=1S/C70H55N/c1-69(2)64-29-14-11-26-59(64)62-28-17-27-61(68(62)69)57-24-10-9-22-54(57)49-33-37-52(38-34-49)71(53-39-41-60-58-25-12-15-30-65(58)70(66(60)44-53)45-46-32-36-51(70)42-46)67-31-16-13-23-56(67)50-35-40-55(47-18-5-3-6-19-47)63(43-50)48-20-7-4-8-21-48/h3-31,33-35,37-41,43-44,46,51H,32,36,42,45H2,1-2H3. The SMILES string of the molecule is CC1(C)c2ccccc2-c2cccc(-c3ccccc3-c3ccc(N(c4ccc5c(c4)C4(CC6CCC4C6)c4ccccc4-5)c4ccccc4-c4ccc(-c5ccccc5)c(-c5ccccc5)c4)cc3)c21. The van der Waals surface area contributed by atoms with E-state index in [2.05, 4.69) is 255 Å². The maximum Gasteiger partial charge on any atom is 0.0540 e. The van der Waals surface area contributed by atoms with Crippen LogP contribution >= 0.6 is 0 Å². The Kier molecular flexibility index (Phi) is 9.62. The van der Waals surface area contributed by atoms with Gasteiger partial charge in [-0.3, -0.25) is 0 Å². The summed E-state index contributed by atoms with van der Waals surface area (Å²) < 4.78 is 0. The highest BCUT2D eigenvalue weighted by molar-refractivity contribution is 5.96. The first-order valence-electron chi connectivity index (χ1n) is 25.8. The molecule has 0 amide bonds. The molecular formula is C70H55N. The quantitative estimate of drug-likeness (QED) is 0.147. The minimum atomic E-state index is -0.120. The van der Waals surface area contributed by atoms with Crippen molar-refractivity contribution in [2.45, 2.75) is 50.4 Å². The Hall–Kier alpha value is -8.00. The van der Waals surface area contributed by atoms with Gasteiger partial charge in [-0.25, -0.2) is 0 Å². The Morgan fingerprint density at radius 1 is 0.352 bits per heavy atom. The summed E-state index contributed by atoms with van der Waals surface area (Å²) in [6.07, 6.45) is 5.27. The number of anilines is 3. The van der Waals surface area contributed by atoms with Crippen molar-refractivity contribution in [1.82, 2.24) is 0 Å². The van der Waals surface area contributed by atoms with Crippen molar-refractivity contribution in [2.24, 2.45) is 11.8 Å². The van der Waals surface area contributed by atoms with Crippen molar-refractivity contribution in [3.05, 3.63) is 259 Å². The van der Waals surface area contributed by atoms with Crippen LogP contribution in [0.3, 0.4) is 0 Å². The van der Waals surface area contributed by atoms with E-state index in [1.807, 2.05) is 0 Å². The van der Waals surface area contributed by atoms with Crippen LogP contribution in [0, 0.1) is 11.8 Å². The normalized spacial score (nSPS) is 18.5. The summed E-state index contributed by atoms with van der Waals surface area (Å²) in [7, 11) is 0. The van der Waals surface area contributed by atoms with Crippen LogP contribution in [0.2, 0.25) is 0 Å². The third-order valence-electron chi connectivity index (χ3n) is 17.2. The molecule has 340 valence electrons. The molecule has 10 aromatic carbocycles. The second-order valence-electron chi connectivity index (χ2n) is 21.2. The number of benzene rings is 10. The zero-order valence-electron chi connectivity index (χ0n) is 40.4. The van der Waals surface area contributed by atoms with Crippen molar-refractivity contribution in [1.29, 1.82) is 0 Å². The monoisotopic (exact) mass is 909 g/mol. The summed E-state index contributed by atoms with van der Waals surface area (Å²) in [5.74, 6) is 1.47. The Balaban J connectivity index is 0.935. The second kappa shape index (κ2) is 16.3. The van der Waals surface area contributed by atoms with Crippen LogP contribution in [0.15, 0.2) is 237 Å². The number of hydrogen-bond acceptors (Lipinski definition) is 1. The van der Waals surface area contributed by atoms with Crippen molar-refractivity contribution in [2.75, 3.05) is 4.90 Å².